The molecule has 1 aliphatic heterocycles. The van der Waals surface area contributed by atoms with Gasteiger partial charge in [0.15, 0.2) is 0 Å². The first kappa shape index (κ1) is 21.1. The van der Waals surface area contributed by atoms with Crippen molar-refractivity contribution in [2.24, 2.45) is 11.8 Å². The highest BCUT2D eigenvalue weighted by Crippen LogP contribution is 2.39. The molecule has 2 amide bonds. The topological polar surface area (TPSA) is 67.9 Å². The van der Waals surface area contributed by atoms with Crippen molar-refractivity contribution >= 4 is 11.8 Å². The third-order valence-corrected chi connectivity index (χ3v) is 5.13. The number of amides is 2. The van der Waals surface area contributed by atoms with Crippen LogP contribution in [0, 0.1) is 11.8 Å². The molecular weight excluding hydrogens is 344 g/mol. The van der Waals surface area contributed by atoms with Crippen LogP contribution in [0.3, 0.4) is 0 Å². The fourth-order valence-corrected chi connectivity index (χ4v) is 3.58. The Labute approximate surface area is 162 Å². The van der Waals surface area contributed by atoms with Crippen LogP contribution in [0.2, 0.25) is 0 Å². The zero-order valence-electron chi connectivity index (χ0n) is 17.1. The van der Waals surface area contributed by atoms with E-state index < -0.39 is 0 Å². The van der Waals surface area contributed by atoms with E-state index in [1.54, 1.807) is 19.1 Å². The van der Waals surface area contributed by atoms with Crippen molar-refractivity contribution in [1.82, 2.24) is 10.2 Å². The van der Waals surface area contributed by atoms with Gasteiger partial charge in [-0.15, -0.1) is 0 Å². The number of unbranched alkanes of at least 4 members (excludes halogenated alkanes) is 1. The van der Waals surface area contributed by atoms with Crippen molar-refractivity contribution in [3.63, 3.8) is 0 Å². The van der Waals surface area contributed by atoms with Gasteiger partial charge in [0.05, 0.1) is 20.1 Å². The molecule has 0 aromatic heterocycles. The van der Waals surface area contributed by atoms with Crippen molar-refractivity contribution < 1.29 is 19.1 Å². The van der Waals surface area contributed by atoms with Crippen molar-refractivity contribution in [3.05, 3.63) is 23.8 Å². The Morgan fingerprint density at radius 3 is 2.56 bits per heavy atom. The number of ether oxygens (including phenoxy) is 2. The molecule has 1 aromatic carbocycles. The van der Waals surface area contributed by atoms with E-state index in [-0.39, 0.29) is 29.6 Å². The molecular formula is C21H32N2O4. The van der Waals surface area contributed by atoms with Crippen LogP contribution >= 0.6 is 0 Å². The van der Waals surface area contributed by atoms with Crippen molar-refractivity contribution in [1.29, 1.82) is 0 Å². The summed E-state index contributed by atoms with van der Waals surface area (Å²) in [6.07, 6.45) is 1.97. The van der Waals surface area contributed by atoms with Crippen LogP contribution in [-0.2, 0) is 9.59 Å². The number of methoxy groups -OCH3 is 2. The van der Waals surface area contributed by atoms with E-state index in [0.29, 0.717) is 31.1 Å². The van der Waals surface area contributed by atoms with Gasteiger partial charge in [0.2, 0.25) is 11.8 Å². The highest BCUT2D eigenvalue weighted by atomic mass is 16.5. The van der Waals surface area contributed by atoms with Gasteiger partial charge in [-0.05, 0) is 24.6 Å². The van der Waals surface area contributed by atoms with Crippen molar-refractivity contribution in [2.45, 2.75) is 39.5 Å². The summed E-state index contributed by atoms with van der Waals surface area (Å²) in [5.74, 6) is 0.975. The maximum Gasteiger partial charge on any atom is 0.225 e. The van der Waals surface area contributed by atoms with Crippen LogP contribution in [-0.4, -0.2) is 50.6 Å². The second kappa shape index (κ2) is 9.62. The second-order valence-electron chi connectivity index (χ2n) is 7.36. The molecule has 0 bridgehead atoms. The monoisotopic (exact) mass is 376 g/mol. The Bertz CT molecular complexity index is 660. The largest absolute Gasteiger partial charge is 0.497 e. The summed E-state index contributed by atoms with van der Waals surface area (Å²) in [6, 6.07) is 5.61. The number of nitrogens with zero attached hydrogens (tertiary/aromatic N) is 1. The summed E-state index contributed by atoms with van der Waals surface area (Å²) in [4.78, 5) is 27.2. The van der Waals surface area contributed by atoms with E-state index in [1.165, 1.54) is 0 Å². The van der Waals surface area contributed by atoms with E-state index >= 15 is 0 Å². The number of carbonyl (C=O) groups is 2. The van der Waals surface area contributed by atoms with Gasteiger partial charge in [0.25, 0.3) is 0 Å². The average Bonchev–Trinajstić information content (AvgIpc) is 3.12. The molecule has 0 spiro atoms. The quantitative estimate of drug-likeness (QED) is 0.709. The zero-order valence-corrected chi connectivity index (χ0v) is 17.1. The lowest BCUT2D eigenvalue weighted by molar-refractivity contribution is -0.133. The molecule has 1 aromatic rings. The third kappa shape index (κ3) is 4.93. The van der Waals surface area contributed by atoms with Gasteiger partial charge in [-0.25, -0.2) is 0 Å². The number of hydrogen-bond donors (Lipinski definition) is 1. The molecule has 1 fully saturated rings. The first-order valence-corrected chi connectivity index (χ1v) is 9.71. The van der Waals surface area contributed by atoms with Gasteiger partial charge >= 0.3 is 0 Å². The third-order valence-electron chi connectivity index (χ3n) is 5.13. The smallest absolute Gasteiger partial charge is 0.225 e. The molecule has 1 heterocycles. The second-order valence-corrected chi connectivity index (χ2v) is 7.36. The summed E-state index contributed by atoms with van der Waals surface area (Å²) in [6.45, 7) is 7.46. The minimum absolute atomic E-state index is 0.00243. The van der Waals surface area contributed by atoms with Crippen LogP contribution < -0.4 is 14.8 Å². The van der Waals surface area contributed by atoms with Gasteiger partial charge in [0.1, 0.15) is 11.5 Å². The summed E-state index contributed by atoms with van der Waals surface area (Å²) in [7, 11) is 3.23. The van der Waals surface area contributed by atoms with Crippen LogP contribution in [0.15, 0.2) is 18.2 Å². The van der Waals surface area contributed by atoms with Crippen LogP contribution in [0.5, 0.6) is 11.5 Å². The molecule has 1 aliphatic rings. The molecule has 1 N–H and O–H groups in total. The maximum absolute atomic E-state index is 12.9. The summed E-state index contributed by atoms with van der Waals surface area (Å²) < 4.78 is 10.9. The van der Waals surface area contributed by atoms with E-state index in [4.69, 9.17) is 9.47 Å². The highest BCUT2D eigenvalue weighted by Gasteiger charge is 2.41. The predicted octanol–water partition coefficient (Wildman–Crippen LogP) is 2.82. The Morgan fingerprint density at radius 2 is 1.96 bits per heavy atom. The summed E-state index contributed by atoms with van der Waals surface area (Å²) >= 11 is 0. The summed E-state index contributed by atoms with van der Waals surface area (Å²) in [5, 5.41) is 3.03. The lowest BCUT2D eigenvalue weighted by atomic mass is 9.87. The molecule has 6 heteroatoms. The Morgan fingerprint density at radius 1 is 1.22 bits per heavy atom. The molecule has 0 unspecified atom stereocenters. The van der Waals surface area contributed by atoms with E-state index in [0.717, 1.165) is 18.4 Å². The highest BCUT2D eigenvalue weighted by molar-refractivity contribution is 5.84. The molecule has 2 atom stereocenters. The number of hydrogen-bond acceptors (Lipinski definition) is 4. The number of carbonyl (C=O) groups excluding carboxylic acids is 2. The van der Waals surface area contributed by atoms with Crippen LogP contribution in [0.1, 0.15) is 45.1 Å². The SMILES string of the molecule is CCCCNC(=O)[C@@H]1CN(C(=O)C(C)C)C[C@H]1c1cc(OC)ccc1OC. The average molecular weight is 376 g/mol. The van der Waals surface area contributed by atoms with Gasteiger partial charge in [-0.2, -0.15) is 0 Å². The molecule has 0 saturated carbocycles. The fraction of sp³-hybridized carbons (Fsp3) is 0.619. The predicted molar refractivity (Wildman–Crippen MR) is 105 cm³/mol. The minimum atomic E-state index is -0.300. The zero-order chi connectivity index (χ0) is 20.0. The maximum atomic E-state index is 12.9. The lowest BCUT2D eigenvalue weighted by Crippen LogP contribution is -2.37. The first-order chi connectivity index (χ1) is 12.9. The normalized spacial score (nSPS) is 19.3. The summed E-state index contributed by atoms with van der Waals surface area (Å²) in [5.41, 5.74) is 0.909. The standard InChI is InChI=1S/C21H32N2O4/c1-6-7-10-22-20(24)18-13-23(21(25)14(2)3)12-17(18)16-11-15(26-4)8-9-19(16)27-5/h8-9,11,14,17-18H,6-7,10,12-13H2,1-5H3,(H,22,24)/t17-,18+/m0/s1. The number of rotatable bonds is 8. The van der Waals surface area contributed by atoms with E-state index in [2.05, 4.69) is 12.2 Å². The molecule has 0 radical (unpaired) electrons. The van der Waals surface area contributed by atoms with E-state index in [9.17, 15) is 9.59 Å². The van der Waals surface area contributed by atoms with Gasteiger partial charge in [-0.1, -0.05) is 27.2 Å². The van der Waals surface area contributed by atoms with Gasteiger partial charge in [0, 0.05) is 37.0 Å². The van der Waals surface area contributed by atoms with E-state index in [1.807, 2.05) is 32.0 Å². The van der Waals surface area contributed by atoms with Gasteiger partial charge in [-0.3, -0.25) is 9.59 Å². The molecule has 1 saturated heterocycles. The fourth-order valence-electron chi connectivity index (χ4n) is 3.58. The number of nitrogens with one attached hydrogen (secondary N) is 1. The molecule has 0 aliphatic carbocycles. The Kier molecular flexibility index (Phi) is 7.51. The van der Waals surface area contributed by atoms with Crippen LogP contribution in [0.4, 0.5) is 0 Å². The molecule has 6 nitrogen and oxygen atoms in total. The van der Waals surface area contributed by atoms with Crippen molar-refractivity contribution in [2.75, 3.05) is 33.9 Å². The Balaban J connectivity index is 2.34. The number of likely N-dealkylation sites (tertiary alicyclic amines) is 1. The molecule has 150 valence electrons. The number of benzene rings is 1. The molecule has 27 heavy (non-hydrogen) atoms. The molecule has 2 rings (SSSR count). The lowest BCUT2D eigenvalue weighted by Gasteiger charge is -2.21. The first-order valence-electron chi connectivity index (χ1n) is 9.71. The Hall–Kier alpha value is -2.24. The van der Waals surface area contributed by atoms with Crippen molar-refractivity contribution in [3.8, 4) is 11.5 Å². The minimum Gasteiger partial charge on any atom is -0.497 e. The van der Waals surface area contributed by atoms with Gasteiger partial charge < -0.3 is 19.7 Å². The van der Waals surface area contributed by atoms with Crippen LogP contribution in [0.25, 0.3) is 0 Å².